The predicted octanol–water partition coefficient (Wildman–Crippen LogP) is 9.01. The number of hydrogen-bond donors (Lipinski definition) is 1. The Hall–Kier alpha value is -2.64. The largest absolute Gasteiger partial charge is 0.464 e. The molecule has 1 N–H and O–H groups in total. The third kappa shape index (κ3) is 8.54. The van der Waals surface area contributed by atoms with Gasteiger partial charge < -0.3 is 19.7 Å². The Morgan fingerprint density at radius 3 is 2.18 bits per heavy atom. The first-order valence-corrected chi connectivity index (χ1v) is 16.3. The topological polar surface area (TPSA) is 63.7 Å². The molecule has 0 bridgehead atoms. The standard InChI is InChI=1S/C36H47Cl2N3O3/c1-9-43-34(42)33(44-35(4,5)6)31-24(3)40-23(2)30(32(31)41-18-16-36(7,8)17-19-41)27-13-10-25(11-14-27)21-39-22-26-12-15-28(37)29(38)20-26/h10-15,20,33,39H,9,16-19,21-22H2,1-8H3/t33-/m0/s1. The van der Waals surface area contributed by atoms with Crippen molar-refractivity contribution in [3.63, 3.8) is 0 Å². The minimum absolute atomic E-state index is 0.266. The van der Waals surface area contributed by atoms with Crippen molar-refractivity contribution in [2.45, 2.75) is 93.0 Å². The monoisotopic (exact) mass is 639 g/mol. The maximum absolute atomic E-state index is 13.5. The number of carbonyl (C=O) groups is 1. The van der Waals surface area contributed by atoms with E-state index in [9.17, 15) is 4.79 Å². The van der Waals surface area contributed by atoms with Gasteiger partial charge in [-0.2, -0.15) is 0 Å². The van der Waals surface area contributed by atoms with Gasteiger partial charge >= 0.3 is 5.97 Å². The summed E-state index contributed by atoms with van der Waals surface area (Å²) < 4.78 is 12.0. The molecule has 1 atom stereocenters. The van der Waals surface area contributed by atoms with E-state index in [0.29, 0.717) is 23.1 Å². The van der Waals surface area contributed by atoms with Gasteiger partial charge in [0.25, 0.3) is 0 Å². The van der Waals surface area contributed by atoms with Crippen molar-refractivity contribution in [1.82, 2.24) is 10.3 Å². The van der Waals surface area contributed by atoms with Crippen LogP contribution in [0.1, 0.15) is 88.6 Å². The van der Waals surface area contributed by atoms with Crippen molar-refractivity contribution in [3.8, 4) is 11.1 Å². The van der Waals surface area contributed by atoms with Crippen LogP contribution in [0.5, 0.6) is 0 Å². The summed E-state index contributed by atoms with van der Waals surface area (Å²) in [7, 11) is 0. The highest BCUT2D eigenvalue weighted by Gasteiger charge is 2.37. The zero-order valence-corrected chi connectivity index (χ0v) is 29.0. The number of nitrogens with one attached hydrogen (secondary N) is 1. The summed E-state index contributed by atoms with van der Waals surface area (Å²) in [6, 6.07) is 14.3. The lowest BCUT2D eigenvalue weighted by Crippen LogP contribution is -2.39. The lowest BCUT2D eigenvalue weighted by atomic mass is 9.81. The Bertz CT molecular complexity index is 1450. The lowest BCUT2D eigenvalue weighted by molar-refractivity contribution is -0.166. The molecule has 238 valence electrons. The van der Waals surface area contributed by atoms with Crippen LogP contribution >= 0.6 is 23.2 Å². The van der Waals surface area contributed by atoms with E-state index in [1.54, 1.807) is 0 Å². The number of anilines is 1. The van der Waals surface area contributed by atoms with E-state index < -0.39 is 11.7 Å². The van der Waals surface area contributed by atoms with E-state index >= 15 is 0 Å². The summed E-state index contributed by atoms with van der Waals surface area (Å²) in [5.74, 6) is -0.385. The number of aromatic nitrogens is 1. The van der Waals surface area contributed by atoms with Crippen molar-refractivity contribution < 1.29 is 14.3 Å². The number of benzene rings is 2. The first kappa shape index (κ1) is 34.2. The third-order valence-electron chi connectivity index (χ3n) is 8.13. The second kappa shape index (κ2) is 14.2. The maximum Gasteiger partial charge on any atom is 0.340 e. The fourth-order valence-corrected chi connectivity index (χ4v) is 6.08. The summed E-state index contributed by atoms with van der Waals surface area (Å²) in [6.45, 7) is 19.9. The molecule has 0 spiro atoms. The number of esters is 1. The van der Waals surface area contributed by atoms with E-state index in [2.05, 4.69) is 55.3 Å². The third-order valence-corrected chi connectivity index (χ3v) is 8.87. The number of halogens is 2. The molecule has 44 heavy (non-hydrogen) atoms. The molecule has 1 saturated heterocycles. The Labute approximate surface area is 273 Å². The first-order chi connectivity index (χ1) is 20.7. The zero-order valence-electron chi connectivity index (χ0n) is 27.4. The van der Waals surface area contributed by atoms with Gasteiger partial charge in [0.05, 0.1) is 27.9 Å². The van der Waals surface area contributed by atoms with Crippen molar-refractivity contribution in [3.05, 3.63) is 80.6 Å². The van der Waals surface area contributed by atoms with Crippen LogP contribution in [-0.4, -0.2) is 36.3 Å². The fourth-order valence-electron chi connectivity index (χ4n) is 5.76. The Morgan fingerprint density at radius 1 is 0.977 bits per heavy atom. The van der Waals surface area contributed by atoms with E-state index in [0.717, 1.165) is 70.8 Å². The number of piperidine rings is 1. The molecule has 4 rings (SSSR count). The molecular formula is C36H47Cl2N3O3. The number of aryl methyl sites for hydroxylation is 2. The van der Waals surface area contributed by atoms with Gasteiger partial charge in [0.2, 0.25) is 0 Å². The molecule has 1 aliphatic heterocycles. The van der Waals surface area contributed by atoms with Crippen molar-refractivity contribution in [1.29, 1.82) is 0 Å². The summed E-state index contributed by atoms with van der Waals surface area (Å²) in [4.78, 5) is 20.9. The highest BCUT2D eigenvalue weighted by atomic mass is 35.5. The number of nitrogens with zero attached hydrogens (tertiary/aromatic N) is 2. The summed E-state index contributed by atoms with van der Waals surface area (Å²) in [5.41, 5.74) is 7.57. The zero-order chi connectivity index (χ0) is 32.2. The molecule has 1 fully saturated rings. The van der Waals surface area contributed by atoms with Crippen LogP contribution in [0.4, 0.5) is 5.69 Å². The number of rotatable bonds is 10. The molecule has 0 radical (unpaired) electrons. The lowest BCUT2D eigenvalue weighted by Gasteiger charge is -2.41. The van der Waals surface area contributed by atoms with Gasteiger partial charge in [0.15, 0.2) is 6.10 Å². The van der Waals surface area contributed by atoms with Crippen LogP contribution < -0.4 is 10.2 Å². The van der Waals surface area contributed by atoms with Crippen LogP contribution in [0.25, 0.3) is 11.1 Å². The molecule has 0 unspecified atom stereocenters. The van der Waals surface area contributed by atoms with E-state index in [1.165, 1.54) is 0 Å². The van der Waals surface area contributed by atoms with Crippen LogP contribution in [0.2, 0.25) is 10.0 Å². The van der Waals surface area contributed by atoms with Crippen LogP contribution in [0, 0.1) is 19.3 Å². The summed E-state index contributed by atoms with van der Waals surface area (Å²) in [6.07, 6.45) is 1.22. The number of pyridine rings is 1. The van der Waals surface area contributed by atoms with E-state index in [4.69, 9.17) is 37.7 Å². The average molecular weight is 641 g/mol. The second-order valence-corrected chi connectivity index (χ2v) is 14.3. The number of ether oxygens (including phenoxy) is 2. The van der Waals surface area contributed by atoms with Gasteiger partial charge in [-0.15, -0.1) is 0 Å². The van der Waals surface area contributed by atoms with E-state index in [1.807, 2.05) is 52.8 Å². The van der Waals surface area contributed by atoms with Gasteiger partial charge in [-0.1, -0.05) is 67.4 Å². The molecular weight excluding hydrogens is 593 g/mol. The highest BCUT2D eigenvalue weighted by molar-refractivity contribution is 6.42. The molecule has 1 aliphatic rings. The molecule has 0 amide bonds. The van der Waals surface area contributed by atoms with Gasteiger partial charge in [-0.25, -0.2) is 4.79 Å². The Kier molecular flexibility index (Phi) is 11.0. The quantitative estimate of drug-likeness (QED) is 0.223. The molecule has 8 heteroatoms. The van der Waals surface area contributed by atoms with Gasteiger partial charge in [0.1, 0.15) is 0 Å². The normalized spacial score (nSPS) is 15.7. The number of carbonyl (C=O) groups excluding carboxylic acids is 1. The second-order valence-electron chi connectivity index (χ2n) is 13.5. The van der Waals surface area contributed by atoms with Crippen molar-refractivity contribution >= 4 is 34.9 Å². The van der Waals surface area contributed by atoms with Crippen LogP contribution in [-0.2, 0) is 27.4 Å². The average Bonchev–Trinajstić information content (AvgIpc) is 2.94. The molecule has 0 aliphatic carbocycles. The Morgan fingerprint density at radius 2 is 1.59 bits per heavy atom. The molecule has 2 aromatic carbocycles. The van der Waals surface area contributed by atoms with Crippen molar-refractivity contribution in [2.24, 2.45) is 5.41 Å². The van der Waals surface area contributed by atoms with Gasteiger partial charge in [-0.05, 0) is 88.6 Å². The highest BCUT2D eigenvalue weighted by Crippen LogP contribution is 2.45. The summed E-state index contributed by atoms with van der Waals surface area (Å²) in [5, 5.41) is 4.61. The predicted molar refractivity (Wildman–Crippen MR) is 182 cm³/mol. The van der Waals surface area contributed by atoms with Gasteiger partial charge in [-0.3, -0.25) is 4.98 Å². The smallest absolute Gasteiger partial charge is 0.340 e. The molecule has 2 heterocycles. The molecule has 6 nitrogen and oxygen atoms in total. The first-order valence-electron chi connectivity index (χ1n) is 15.5. The molecule has 1 aromatic heterocycles. The van der Waals surface area contributed by atoms with Gasteiger partial charge in [0, 0.05) is 48.7 Å². The van der Waals surface area contributed by atoms with Crippen LogP contribution in [0.15, 0.2) is 42.5 Å². The fraction of sp³-hybridized carbons (Fsp3) is 0.500. The minimum atomic E-state index is -0.892. The molecule has 0 saturated carbocycles. The summed E-state index contributed by atoms with van der Waals surface area (Å²) >= 11 is 12.2. The number of hydrogen-bond acceptors (Lipinski definition) is 6. The van der Waals surface area contributed by atoms with E-state index in [-0.39, 0.29) is 18.0 Å². The Balaban J connectivity index is 1.73. The van der Waals surface area contributed by atoms with Crippen molar-refractivity contribution in [2.75, 3.05) is 24.6 Å². The SMILES string of the molecule is CCOC(=O)[C@@H](OC(C)(C)C)c1c(C)nc(C)c(-c2ccc(CNCc3ccc(Cl)c(Cl)c3)cc2)c1N1CCC(C)(C)CC1. The maximum atomic E-state index is 13.5. The van der Waals surface area contributed by atoms with Crippen LogP contribution in [0.3, 0.4) is 0 Å². The molecule has 3 aromatic rings. The minimum Gasteiger partial charge on any atom is -0.464 e.